The molecule has 0 saturated carbocycles. The molecule has 16 heavy (non-hydrogen) atoms. The van der Waals surface area contributed by atoms with E-state index in [2.05, 4.69) is 30.4 Å². The second-order valence-corrected chi connectivity index (χ2v) is 5.75. The van der Waals surface area contributed by atoms with Crippen LogP contribution in [0.5, 0.6) is 0 Å². The Morgan fingerprint density at radius 1 is 1.56 bits per heavy atom. The maximum Gasteiger partial charge on any atom is 0.0711 e. The van der Waals surface area contributed by atoms with Crippen LogP contribution in [0.3, 0.4) is 0 Å². The van der Waals surface area contributed by atoms with Gasteiger partial charge in [-0.25, -0.2) is 0 Å². The molecule has 96 valence electrons. The molecule has 3 atom stereocenters. The molecule has 0 bridgehead atoms. The number of rotatable bonds is 7. The molecular formula is C12H26N2OS. The minimum absolute atomic E-state index is 0.417. The predicted octanol–water partition coefficient (Wildman–Crippen LogP) is 1.44. The van der Waals surface area contributed by atoms with Crippen molar-refractivity contribution in [2.75, 3.05) is 39.3 Å². The van der Waals surface area contributed by atoms with Gasteiger partial charge in [-0.3, -0.25) is 0 Å². The molecule has 1 saturated heterocycles. The van der Waals surface area contributed by atoms with Gasteiger partial charge in [-0.2, -0.15) is 11.8 Å². The van der Waals surface area contributed by atoms with Gasteiger partial charge in [0.25, 0.3) is 0 Å². The molecule has 1 rings (SSSR count). The van der Waals surface area contributed by atoms with Crippen molar-refractivity contribution in [3.05, 3.63) is 0 Å². The molecule has 1 heterocycles. The van der Waals surface area contributed by atoms with Gasteiger partial charge in [0.15, 0.2) is 0 Å². The molecule has 0 spiro atoms. The monoisotopic (exact) mass is 246 g/mol. The third kappa shape index (κ3) is 4.62. The molecule has 0 radical (unpaired) electrons. The number of methoxy groups -OCH3 is 1. The molecule has 1 aliphatic rings. The van der Waals surface area contributed by atoms with Gasteiger partial charge in [0.05, 0.1) is 6.10 Å². The van der Waals surface area contributed by atoms with Crippen LogP contribution in [0.4, 0.5) is 0 Å². The van der Waals surface area contributed by atoms with Gasteiger partial charge in [0.1, 0.15) is 0 Å². The van der Waals surface area contributed by atoms with E-state index in [9.17, 15) is 0 Å². The summed E-state index contributed by atoms with van der Waals surface area (Å²) in [4.78, 5) is 2.46. The van der Waals surface area contributed by atoms with Gasteiger partial charge in [-0.1, -0.05) is 0 Å². The van der Waals surface area contributed by atoms with Crippen LogP contribution in [-0.2, 0) is 4.74 Å². The van der Waals surface area contributed by atoms with Crippen LogP contribution in [0.2, 0.25) is 0 Å². The summed E-state index contributed by atoms with van der Waals surface area (Å²) in [6.07, 6.45) is 5.02. The van der Waals surface area contributed by atoms with Crippen molar-refractivity contribution in [3.8, 4) is 0 Å². The summed E-state index contributed by atoms with van der Waals surface area (Å²) >= 11 is 1.93. The first kappa shape index (κ1) is 14.3. The van der Waals surface area contributed by atoms with Crippen molar-refractivity contribution in [2.24, 2.45) is 0 Å². The zero-order chi connectivity index (χ0) is 12.0. The van der Waals surface area contributed by atoms with Crippen LogP contribution in [0.25, 0.3) is 0 Å². The Morgan fingerprint density at radius 3 is 2.88 bits per heavy atom. The molecule has 4 heteroatoms. The number of likely N-dealkylation sites (N-methyl/N-ethyl adjacent to an activating group) is 1. The van der Waals surface area contributed by atoms with Gasteiger partial charge in [0, 0.05) is 32.3 Å². The van der Waals surface area contributed by atoms with Gasteiger partial charge in [0.2, 0.25) is 0 Å². The molecule has 1 aliphatic heterocycles. The lowest BCUT2D eigenvalue weighted by atomic mass is 10.1. The minimum Gasteiger partial charge on any atom is -0.380 e. The van der Waals surface area contributed by atoms with E-state index in [4.69, 9.17) is 4.74 Å². The van der Waals surface area contributed by atoms with E-state index in [0.29, 0.717) is 18.2 Å². The number of hydrogen-bond donors (Lipinski definition) is 1. The van der Waals surface area contributed by atoms with Crippen molar-refractivity contribution in [1.82, 2.24) is 10.2 Å². The fraction of sp³-hybridized carbons (Fsp3) is 1.00. The fourth-order valence-corrected chi connectivity index (χ4v) is 2.71. The first-order valence-corrected chi connectivity index (χ1v) is 7.52. The topological polar surface area (TPSA) is 24.5 Å². The Morgan fingerprint density at radius 2 is 2.31 bits per heavy atom. The van der Waals surface area contributed by atoms with E-state index in [1.165, 1.54) is 12.2 Å². The zero-order valence-electron chi connectivity index (χ0n) is 11.0. The quantitative estimate of drug-likeness (QED) is 0.734. The first-order valence-electron chi connectivity index (χ1n) is 6.12. The third-order valence-electron chi connectivity index (χ3n) is 3.52. The Hall–Kier alpha value is 0.230. The first-order chi connectivity index (χ1) is 7.67. The van der Waals surface area contributed by atoms with Crippen molar-refractivity contribution in [1.29, 1.82) is 0 Å². The van der Waals surface area contributed by atoms with E-state index in [-0.39, 0.29) is 0 Å². The molecule has 0 amide bonds. The zero-order valence-corrected chi connectivity index (χ0v) is 11.8. The summed E-state index contributed by atoms with van der Waals surface area (Å²) in [5.74, 6) is 1.25. The standard InChI is InChI=1S/C12H26N2OS/c1-10(5-6-16-4)14(2)9-11-7-12(15-3)8-13-11/h10-13H,5-9H2,1-4H3. The van der Waals surface area contributed by atoms with Gasteiger partial charge < -0.3 is 15.0 Å². The lowest BCUT2D eigenvalue weighted by molar-refractivity contribution is 0.115. The van der Waals surface area contributed by atoms with Crippen LogP contribution in [0.1, 0.15) is 19.8 Å². The lowest BCUT2D eigenvalue weighted by Crippen LogP contribution is -2.40. The highest BCUT2D eigenvalue weighted by molar-refractivity contribution is 7.98. The maximum atomic E-state index is 5.36. The Labute approximate surface area is 104 Å². The highest BCUT2D eigenvalue weighted by atomic mass is 32.2. The second kappa shape index (κ2) is 7.54. The Kier molecular flexibility index (Phi) is 6.73. The molecule has 1 fully saturated rings. The molecule has 3 unspecified atom stereocenters. The van der Waals surface area contributed by atoms with Crippen LogP contribution in [0.15, 0.2) is 0 Å². The third-order valence-corrected chi connectivity index (χ3v) is 4.16. The molecule has 1 N–H and O–H groups in total. The number of nitrogens with zero attached hydrogens (tertiary/aromatic N) is 1. The molecule has 0 aliphatic carbocycles. The number of ether oxygens (including phenoxy) is 1. The summed E-state index contributed by atoms with van der Waals surface area (Å²) in [5, 5.41) is 3.53. The minimum atomic E-state index is 0.417. The molecule has 0 aromatic carbocycles. The largest absolute Gasteiger partial charge is 0.380 e. The second-order valence-electron chi connectivity index (χ2n) is 4.77. The fourth-order valence-electron chi connectivity index (χ4n) is 2.14. The van der Waals surface area contributed by atoms with E-state index < -0.39 is 0 Å². The molecule has 0 aromatic rings. The molecule has 0 aromatic heterocycles. The van der Waals surface area contributed by atoms with Crippen molar-refractivity contribution in [3.63, 3.8) is 0 Å². The summed E-state index contributed by atoms with van der Waals surface area (Å²) in [6.45, 7) is 4.46. The number of hydrogen-bond acceptors (Lipinski definition) is 4. The summed E-state index contributed by atoms with van der Waals surface area (Å²) in [6, 6.07) is 1.28. The summed E-state index contributed by atoms with van der Waals surface area (Å²) in [5.41, 5.74) is 0. The summed E-state index contributed by atoms with van der Waals surface area (Å²) < 4.78 is 5.36. The molecular weight excluding hydrogens is 220 g/mol. The lowest BCUT2D eigenvalue weighted by Gasteiger charge is -2.27. The Balaban J connectivity index is 2.20. The van der Waals surface area contributed by atoms with Crippen molar-refractivity contribution >= 4 is 11.8 Å². The highest BCUT2D eigenvalue weighted by Crippen LogP contribution is 2.13. The Bertz CT molecular complexity index is 192. The highest BCUT2D eigenvalue weighted by Gasteiger charge is 2.25. The molecule has 3 nitrogen and oxygen atoms in total. The van der Waals surface area contributed by atoms with E-state index >= 15 is 0 Å². The SMILES string of the molecule is COC1CNC(CN(C)C(C)CCSC)C1. The van der Waals surface area contributed by atoms with Crippen molar-refractivity contribution < 1.29 is 4.74 Å². The van der Waals surface area contributed by atoms with Crippen molar-refractivity contribution in [2.45, 2.75) is 38.0 Å². The van der Waals surface area contributed by atoms with E-state index in [1.54, 1.807) is 7.11 Å². The number of nitrogens with one attached hydrogen (secondary N) is 1. The van der Waals surface area contributed by atoms with Crippen LogP contribution < -0.4 is 5.32 Å². The number of thioether (sulfide) groups is 1. The van der Waals surface area contributed by atoms with Gasteiger partial charge >= 0.3 is 0 Å². The average Bonchev–Trinajstić information content (AvgIpc) is 2.73. The maximum absolute atomic E-state index is 5.36. The van der Waals surface area contributed by atoms with Gasteiger partial charge in [-0.15, -0.1) is 0 Å². The van der Waals surface area contributed by atoms with Gasteiger partial charge in [-0.05, 0) is 38.8 Å². The van der Waals surface area contributed by atoms with Crippen LogP contribution in [0, 0.1) is 0 Å². The van der Waals surface area contributed by atoms with Crippen LogP contribution in [-0.4, -0.2) is 62.3 Å². The van der Waals surface area contributed by atoms with E-state index in [0.717, 1.165) is 19.5 Å². The average molecular weight is 246 g/mol. The predicted molar refractivity (Wildman–Crippen MR) is 72.3 cm³/mol. The smallest absolute Gasteiger partial charge is 0.0711 e. The normalized spacial score (nSPS) is 27.6. The van der Waals surface area contributed by atoms with Crippen LogP contribution >= 0.6 is 11.8 Å². The van der Waals surface area contributed by atoms with E-state index in [1.807, 2.05) is 11.8 Å². The summed E-state index contributed by atoms with van der Waals surface area (Å²) in [7, 11) is 4.03.